The van der Waals surface area contributed by atoms with E-state index < -0.39 is 5.54 Å². The first-order valence-electron chi connectivity index (χ1n) is 7.76. The second kappa shape index (κ2) is 6.00. The third kappa shape index (κ3) is 3.00. The van der Waals surface area contributed by atoms with Crippen LogP contribution in [-0.2, 0) is 9.53 Å². The molecule has 5 nitrogen and oxygen atoms in total. The van der Waals surface area contributed by atoms with Gasteiger partial charge in [-0.25, -0.2) is 0 Å². The minimum atomic E-state index is -0.421. The number of carbonyl (C=O) groups is 1. The summed E-state index contributed by atoms with van der Waals surface area (Å²) < 4.78 is 5.83. The molecule has 0 aromatic rings. The molecule has 2 aliphatic heterocycles. The average Bonchev–Trinajstić information content (AvgIpc) is 2.65. The minimum absolute atomic E-state index is 0.114. The maximum absolute atomic E-state index is 12.7. The molecule has 2 rings (SSSR count). The summed E-state index contributed by atoms with van der Waals surface area (Å²) in [4.78, 5) is 17.0. The van der Waals surface area contributed by atoms with Gasteiger partial charge >= 0.3 is 0 Å². The van der Waals surface area contributed by atoms with E-state index >= 15 is 0 Å². The van der Waals surface area contributed by atoms with E-state index in [1.54, 1.807) is 0 Å². The maximum Gasteiger partial charge on any atom is 0.243 e. The number of morpholine rings is 1. The molecule has 0 radical (unpaired) electrons. The Morgan fingerprint density at radius 1 is 1.50 bits per heavy atom. The van der Waals surface area contributed by atoms with E-state index in [0.717, 1.165) is 26.1 Å². The summed E-state index contributed by atoms with van der Waals surface area (Å²) in [5.74, 6) is 0.615. The van der Waals surface area contributed by atoms with Crippen LogP contribution in [0.15, 0.2) is 0 Å². The van der Waals surface area contributed by atoms with Crippen molar-refractivity contribution in [3.8, 4) is 0 Å². The van der Waals surface area contributed by atoms with Crippen LogP contribution in [0.3, 0.4) is 0 Å². The van der Waals surface area contributed by atoms with Crippen molar-refractivity contribution >= 4 is 5.91 Å². The number of hydrogen-bond donors (Lipinski definition) is 1. The van der Waals surface area contributed by atoms with Crippen molar-refractivity contribution in [3.05, 3.63) is 0 Å². The normalized spacial score (nSPS) is 36.1. The molecule has 116 valence electrons. The zero-order valence-corrected chi connectivity index (χ0v) is 13.5. The summed E-state index contributed by atoms with van der Waals surface area (Å²) in [5.41, 5.74) is -0.421. The van der Waals surface area contributed by atoms with E-state index in [2.05, 4.69) is 38.0 Å². The van der Waals surface area contributed by atoms with Crippen LogP contribution in [-0.4, -0.2) is 66.8 Å². The van der Waals surface area contributed by atoms with Crippen molar-refractivity contribution < 1.29 is 9.53 Å². The van der Waals surface area contributed by atoms with Gasteiger partial charge in [-0.3, -0.25) is 10.1 Å². The Hall–Kier alpha value is -0.650. The number of nitrogens with zero attached hydrogens (tertiary/aromatic N) is 2. The summed E-state index contributed by atoms with van der Waals surface area (Å²) in [6, 6.07) is 0. The average molecular weight is 283 g/mol. The van der Waals surface area contributed by atoms with Crippen molar-refractivity contribution in [2.45, 2.75) is 51.9 Å². The molecule has 0 bridgehead atoms. The van der Waals surface area contributed by atoms with Gasteiger partial charge in [0.2, 0.25) is 5.91 Å². The lowest BCUT2D eigenvalue weighted by Gasteiger charge is -2.35. The van der Waals surface area contributed by atoms with Crippen molar-refractivity contribution in [2.24, 2.45) is 5.92 Å². The van der Waals surface area contributed by atoms with E-state index in [0.29, 0.717) is 12.5 Å². The summed E-state index contributed by atoms with van der Waals surface area (Å²) in [5, 5.41) is 3.52. The molecular formula is C15H29N3O2. The fourth-order valence-electron chi connectivity index (χ4n) is 3.08. The first kappa shape index (κ1) is 15.7. The Morgan fingerprint density at radius 2 is 2.20 bits per heavy atom. The molecule has 0 aromatic carbocycles. The van der Waals surface area contributed by atoms with Crippen molar-refractivity contribution in [2.75, 3.05) is 33.3 Å². The lowest BCUT2D eigenvalue weighted by Crippen LogP contribution is -2.50. The largest absolute Gasteiger partial charge is 0.374 e. The third-order valence-electron chi connectivity index (χ3n) is 4.62. The molecule has 1 amide bonds. The maximum atomic E-state index is 12.7. The van der Waals surface area contributed by atoms with Crippen LogP contribution in [0.2, 0.25) is 0 Å². The number of ether oxygens (including phenoxy) is 1. The number of amides is 1. The lowest BCUT2D eigenvalue weighted by atomic mass is 9.99. The molecule has 0 spiro atoms. The van der Waals surface area contributed by atoms with Gasteiger partial charge in [0.25, 0.3) is 0 Å². The Bertz CT molecular complexity index is 361. The molecule has 0 aliphatic carbocycles. The SMILES string of the molecule is CCC1(C)NC(C(C)C)N(CC2CN(C)CCO2)C1=O. The molecule has 2 heterocycles. The van der Waals surface area contributed by atoms with Gasteiger partial charge in [0.15, 0.2) is 0 Å². The molecule has 3 unspecified atom stereocenters. The topological polar surface area (TPSA) is 44.8 Å². The second-order valence-corrected chi connectivity index (χ2v) is 6.73. The van der Waals surface area contributed by atoms with Gasteiger partial charge in [-0.2, -0.15) is 0 Å². The van der Waals surface area contributed by atoms with Crippen LogP contribution < -0.4 is 5.32 Å². The third-order valence-corrected chi connectivity index (χ3v) is 4.62. The Kier molecular flexibility index (Phi) is 4.72. The number of nitrogens with one attached hydrogen (secondary N) is 1. The number of likely N-dealkylation sites (N-methyl/N-ethyl adjacent to an activating group) is 1. The molecule has 2 fully saturated rings. The summed E-state index contributed by atoms with van der Waals surface area (Å²) in [6.45, 7) is 11.7. The molecule has 3 atom stereocenters. The number of rotatable bonds is 4. The molecular weight excluding hydrogens is 254 g/mol. The van der Waals surface area contributed by atoms with Gasteiger partial charge in [0, 0.05) is 19.6 Å². The van der Waals surface area contributed by atoms with Gasteiger partial charge < -0.3 is 14.5 Å². The number of hydrogen-bond acceptors (Lipinski definition) is 4. The molecule has 1 N–H and O–H groups in total. The van der Waals surface area contributed by atoms with Gasteiger partial charge in [-0.1, -0.05) is 20.8 Å². The van der Waals surface area contributed by atoms with Crippen molar-refractivity contribution in [1.29, 1.82) is 0 Å². The molecule has 5 heteroatoms. The Balaban J connectivity index is 2.09. The van der Waals surface area contributed by atoms with Crippen LogP contribution >= 0.6 is 0 Å². The fourth-order valence-corrected chi connectivity index (χ4v) is 3.08. The van der Waals surface area contributed by atoms with E-state index in [1.165, 1.54) is 0 Å². The quantitative estimate of drug-likeness (QED) is 0.832. The highest BCUT2D eigenvalue weighted by atomic mass is 16.5. The summed E-state index contributed by atoms with van der Waals surface area (Å²) in [7, 11) is 2.11. The summed E-state index contributed by atoms with van der Waals surface area (Å²) >= 11 is 0. The molecule has 2 saturated heterocycles. The number of carbonyl (C=O) groups excluding carboxylic acids is 1. The molecule has 0 aromatic heterocycles. The highest BCUT2D eigenvalue weighted by molar-refractivity contribution is 5.88. The highest BCUT2D eigenvalue weighted by Gasteiger charge is 2.48. The molecule has 2 aliphatic rings. The van der Waals surface area contributed by atoms with Crippen molar-refractivity contribution in [1.82, 2.24) is 15.1 Å². The minimum Gasteiger partial charge on any atom is -0.374 e. The standard InChI is InChI=1S/C15H29N3O2/c1-6-15(4)14(19)18(13(16-15)11(2)3)10-12-9-17(5)7-8-20-12/h11-13,16H,6-10H2,1-5H3. The van der Waals surface area contributed by atoms with E-state index in [-0.39, 0.29) is 18.2 Å². The zero-order chi connectivity index (χ0) is 14.9. The van der Waals surface area contributed by atoms with Gasteiger partial charge in [-0.15, -0.1) is 0 Å². The predicted octanol–water partition coefficient (Wildman–Crippen LogP) is 0.900. The molecule has 0 saturated carbocycles. The zero-order valence-electron chi connectivity index (χ0n) is 13.5. The van der Waals surface area contributed by atoms with Crippen LogP contribution in [0.25, 0.3) is 0 Å². The van der Waals surface area contributed by atoms with Crippen molar-refractivity contribution in [3.63, 3.8) is 0 Å². The van der Waals surface area contributed by atoms with Crippen LogP contribution in [0.5, 0.6) is 0 Å². The first-order valence-corrected chi connectivity index (χ1v) is 7.76. The van der Waals surface area contributed by atoms with E-state index in [4.69, 9.17) is 4.74 Å². The van der Waals surface area contributed by atoms with Crippen LogP contribution in [0, 0.1) is 5.92 Å². The smallest absolute Gasteiger partial charge is 0.243 e. The van der Waals surface area contributed by atoms with E-state index in [9.17, 15) is 4.79 Å². The van der Waals surface area contributed by atoms with E-state index in [1.807, 2.05) is 11.8 Å². The molecule has 20 heavy (non-hydrogen) atoms. The highest BCUT2D eigenvalue weighted by Crippen LogP contribution is 2.27. The van der Waals surface area contributed by atoms with Crippen LogP contribution in [0.4, 0.5) is 0 Å². The second-order valence-electron chi connectivity index (χ2n) is 6.73. The van der Waals surface area contributed by atoms with Gasteiger partial charge in [0.05, 0.1) is 24.4 Å². The fraction of sp³-hybridized carbons (Fsp3) is 0.933. The lowest BCUT2D eigenvalue weighted by molar-refractivity contribution is -0.136. The monoisotopic (exact) mass is 283 g/mol. The Labute approximate surface area is 122 Å². The van der Waals surface area contributed by atoms with Crippen LogP contribution in [0.1, 0.15) is 34.1 Å². The van der Waals surface area contributed by atoms with Gasteiger partial charge in [-0.05, 0) is 26.3 Å². The van der Waals surface area contributed by atoms with Gasteiger partial charge in [0.1, 0.15) is 0 Å². The predicted molar refractivity (Wildman–Crippen MR) is 79.4 cm³/mol. The first-order chi connectivity index (χ1) is 9.37. The Morgan fingerprint density at radius 3 is 2.75 bits per heavy atom. The summed E-state index contributed by atoms with van der Waals surface area (Å²) in [6.07, 6.45) is 1.06.